The summed E-state index contributed by atoms with van der Waals surface area (Å²) in [7, 11) is -0.505. The third kappa shape index (κ3) is 4.85. The van der Waals surface area contributed by atoms with Crippen molar-refractivity contribution < 1.29 is 27.5 Å². The Labute approximate surface area is 172 Å². The van der Waals surface area contributed by atoms with E-state index in [1.54, 1.807) is 23.8 Å². The van der Waals surface area contributed by atoms with Crippen molar-refractivity contribution in [1.82, 2.24) is 8.87 Å². The van der Waals surface area contributed by atoms with Crippen molar-refractivity contribution in [3.63, 3.8) is 0 Å². The number of esters is 1. The van der Waals surface area contributed by atoms with Gasteiger partial charge in [0.25, 0.3) is 5.91 Å². The van der Waals surface area contributed by atoms with Crippen molar-refractivity contribution in [2.75, 3.05) is 33.6 Å². The SMILES string of the molecule is COC(=O)Cn1c(=NC(=O)[C@H]2CCCN(S(C)(=O)=O)C2)sc2cc(OC)ccc21. The van der Waals surface area contributed by atoms with E-state index in [1.165, 1.54) is 22.8 Å². The molecule has 29 heavy (non-hydrogen) atoms. The largest absolute Gasteiger partial charge is 0.497 e. The second-order valence-corrected chi connectivity index (χ2v) is 9.78. The Morgan fingerprint density at radius 3 is 2.72 bits per heavy atom. The van der Waals surface area contributed by atoms with E-state index < -0.39 is 27.8 Å². The summed E-state index contributed by atoms with van der Waals surface area (Å²) in [6.45, 7) is 0.444. The van der Waals surface area contributed by atoms with Crippen LogP contribution in [0.1, 0.15) is 12.8 Å². The van der Waals surface area contributed by atoms with Crippen LogP contribution >= 0.6 is 11.3 Å². The van der Waals surface area contributed by atoms with Gasteiger partial charge in [-0.25, -0.2) is 12.7 Å². The second-order valence-electron chi connectivity index (χ2n) is 6.79. The Morgan fingerprint density at radius 2 is 2.07 bits per heavy atom. The van der Waals surface area contributed by atoms with Crippen LogP contribution in [0.4, 0.5) is 0 Å². The van der Waals surface area contributed by atoms with Gasteiger partial charge in [0.05, 0.1) is 36.6 Å². The first kappa shape index (κ1) is 21.5. The van der Waals surface area contributed by atoms with E-state index in [4.69, 9.17) is 9.47 Å². The van der Waals surface area contributed by atoms with Crippen LogP contribution in [0.5, 0.6) is 5.75 Å². The molecule has 1 aromatic heterocycles. The highest BCUT2D eigenvalue weighted by Gasteiger charge is 2.30. The van der Waals surface area contributed by atoms with Gasteiger partial charge in [-0.05, 0) is 31.0 Å². The fraction of sp³-hybridized carbons (Fsp3) is 0.500. The molecule has 0 N–H and O–H groups in total. The molecule has 0 saturated carbocycles. The Morgan fingerprint density at radius 1 is 1.31 bits per heavy atom. The highest BCUT2D eigenvalue weighted by atomic mass is 32.2. The monoisotopic (exact) mass is 441 g/mol. The van der Waals surface area contributed by atoms with Gasteiger partial charge in [-0.3, -0.25) is 9.59 Å². The average molecular weight is 442 g/mol. The molecule has 1 fully saturated rings. The minimum absolute atomic E-state index is 0.0882. The number of hydrogen-bond donors (Lipinski definition) is 0. The van der Waals surface area contributed by atoms with Gasteiger partial charge in [0, 0.05) is 13.1 Å². The van der Waals surface area contributed by atoms with Gasteiger partial charge in [0.15, 0.2) is 4.80 Å². The predicted octanol–water partition coefficient (Wildman–Crippen LogP) is 0.983. The first-order chi connectivity index (χ1) is 13.7. The molecule has 1 atom stereocenters. The van der Waals surface area contributed by atoms with Gasteiger partial charge in [-0.1, -0.05) is 11.3 Å². The molecule has 0 unspecified atom stereocenters. The molecule has 2 heterocycles. The third-order valence-electron chi connectivity index (χ3n) is 4.81. The maximum Gasteiger partial charge on any atom is 0.325 e. The zero-order valence-corrected chi connectivity index (χ0v) is 18.1. The lowest BCUT2D eigenvalue weighted by atomic mass is 9.99. The molecular weight excluding hydrogens is 418 g/mol. The van der Waals surface area contributed by atoms with Gasteiger partial charge in [-0.15, -0.1) is 0 Å². The van der Waals surface area contributed by atoms with Crippen molar-refractivity contribution in [3.8, 4) is 5.75 Å². The maximum absolute atomic E-state index is 12.8. The molecule has 0 spiro atoms. The van der Waals surface area contributed by atoms with Crippen molar-refractivity contribution in [2.45, 2.75) is 19.4 Å². The summed E-state index contributed by atoms with van der Waals surface area (Å²) in [5.74, 6) is -0.714. The molecular formula is C18H23N3O6S2. The fourth-order valence-electron chi connectivity index (χ4n) is 3.24. The summed E-state index contributed by atoms with van der Waals surface area (Å²) >= 11 is 1.26. The average Bonchev–Trinajstić information content (AvgIpc) is 3.03. The summed E-state index contributed by atoms with van der Waals surface area (Å²) in [5.41, 5.74) is 0.731. The quantitative estimate of drug-likeness (QED) is 0.641. The number of fused-ring (bicyclic) bond motifs is 1. The number of amides is 1. The van der Waals surface area contributed by atoms with Crippen LogP contribution in [0, 0.1) is 5.92 Å². The summed E-state index contributed by atoms with van der Waals surface area (Å²) in [6, 6.07) is 5.37. The Hall–Kier alpha value is -2.24. The van der Waals surface area contributed by atoms with Crippen molar-refractivity contribution in [2.24, 2.45) is 10.9 Å². The Bertz CT molecular complexity index is 1100. The number of carbonyl (C=O) groups is 2. The molecule has 9 nitrogen and oxygen atoms in total. The van der Waals surface area contributed by atoms with E-state index in [2.05, 4.69) is 4.99 Å². The van der Waals surface area contributed by atoms with Crippen molar-refractivity contribution in [1.29, 1.82) is 0 Å². The van der Waals surface area contributed by atoms with E-state index in [0.717, 1.165) is 16.5 Å². The summed E-state index contributed by atoms with van der Waals surface area (Å²) < 4.78 is 37.4. The number of rotatable bonds is 5. The van der Waals surface area contributed by atoms with Gasteiger partial charge < -0.3 is 14.0 Å². The van der Waals surface area contributed by atoms with Crippen LogP contribution < -0.4 is 9.54 Å². The first-order valence-electron chi connectivity index (χ1n) is 9.01. The summed E-state index contributed by atoms with van der Waals surface area (Å²) in [4.78, 5) is 29.3. The molecule has 1 aliphatic heterocycles. The molecule has 158 valence electrons. The van der Waals surface area contributed by atoms with Crippen LogP contribution in [0.2, 0.25) is 0 Å². The number of nitrogens with zero attached hydrogens (tertiary/aromatic N) is 3. The van der Waals surface area contributed by atoms with Crippen molar-refractivity contribution >= 4 is 43.5 Å². The maximum atomic E-state index is 12.8. The number of methoxy groups -OCH3 is 2. The van der Waals surface area contributed by atoms with E-state index in [9.17, 15) is 18.0 Å². The van der Waals surface area contributed by atoms with Gasteiger partial charge in [-0.2, -0.15) is 4.99 Å². The molecule has 0 bridgehead atoms. The van der Waals surface area contributed by atoms with Crippen LogP contribution in [0.25, 0.3) is 10.2 Å². The van der Waals surface area contributed by atoms with Gasteiger partial charge >= 0.3 is 5.97 Å². The predicted molar refractivity (Wildman–Crippen MR) is 108 cm³/mol. The minimum Gasteiger partial charge on any atom is -0.497 e. The molecule has 1 aromatic carbocycles. The zero-order chi connectivity index (χ0) is 21.2. The number of benzene rings is 1. The molecule has 1 aliphatic rings. The standard InChI is InChI=1S/C18H23N3O6S2/c1-26-13-6-7-14-15(9-13)28-18(21(14)11-16(22)27-2)19-17(23)12-5-4-8-20(10-12)29(3,24)25/h6-7,9,12H,4-5,8,10-11H2,1-3H3/t12-/m0/s1. The topological polar surface area (TPSA) is 107 Å². The van der Waals surface area contributed by atoms with E-state index in [0.29, 0.717) is 29.9 Å². The smallest absolute Gasteiger partial charge is 0.325 e. The lowest BCUT2D eigenvalue weighted by Crippen LogP contribution is -2.41. The Kier molecular flexibility index (Phi) is 6.39. The number of piperidine rings is 1. The minimum atomic E-state index is -3.36. The zero-order valence-electron chi connectivity index (χ0n) is 16.5. The Balaban J connectivity index is 2.00. The van der Waals surface area contributed by atoms with Crippen LogP contribution in [-0.2, 0) is 30.9 Å². The molecule has 1 amide bonds. The number of sulfonamides is 1. The molecule has 2 aromatic rings. The number of thiazole rings is 1. The van der Waals surface area contributed by atoms with Gasteiger partial charge in [0.2, 0.25) is 10.0 Å². The van der Waals surface area contributed by atoms with Crippen LogP contribution in [0.3, 0.4) is 0 Å². The normalized spacial score (nSPS) is 18.7. The highest BCUT2D eigenvalue weighted by molar-refractivity contribution is 7.88. The molecule has 3 rings (SSSR count). The molecule has 0 radical (unpaired) electrons. The van der Waals surface area contributed by atoms with Crippen LogP contribution in [-0.4, -0.2) is 62.7 Å². The number of ether oxygens (including phenoxy) is 2. The van der Waals surface area contributed by atoms with E-state index in [1.807, 2.05) is 6.07 Å². The molecule has 0 aliphatic carbocycles. The lowest BCUT2D eigenvalue weighted by Gasteiger charge is -2.28. The third-order valence-corrected chi connectivity index (χ3v) is 7.12. The van der Waals surface area contributed by atoms with Crippen LogP contribution in [0.15, 0.2) is 23.2 Å². The lowest BCUT2D eigenvalue weighted by molar-refractivity contribution is -0.141. The first-order valence-corrected chi connectivity index (χ1v) is 11.7. The number of carbonyl (C=O) groups excluding carboxylic acids is 2. The molecule has 11 heteroatoms. The summed E-state index contributed by atoms with van der Waals surface area (Å²) in [5, 5.41) is 0. The van der Waals surface area contributed by atoms with E-state index in [-0.39, 0.29) is 13.1 Å². The molecule has 1 saturated heterocycles. The van der Waals surface area contributed by atoms with Gasteiger partial charge in [0.1, 0.15) is 12.3 Å². The van der Waals surface area contributed by atoms with E-state index >= 15 is 0 Å². The van der Waals surface area contributed by atoms with Crippen molar-refractivity contribution in [3.05, 3.63) is 23.0 Å². The second kappa shape index (κ2) is 8.64. The summed E-state index contributed by atoms with van der Waals surface area (Å²) in [6.07, 6.45) is 2.32. The number of aromatic nitrogens is 1. The number of hydrogen-bond acceptors (Lipinski definition) is 7. The fourth-order valence-corrected chi connectivity index (χ4v) is 5.22. The highest BCUT2D eigenvalue weighted by Crippen LogP contribution is 2.24.